The van der Waals surface area contributed by atoms with Crippen LogP contribution in [-0.2, 0) is 9.53 Å². The quantitative estimate of drug-likeness (QED) is 0.687. The van der Waals surface area contributed by atoms with E-state index in [0.29, 0.717) is 24.6 Å². The summed E-state index contributed by atoms with van der Waals surface area (Å²) in [6.07, 6.45) is 4.10. The molecule has 2 fully saturated rings. The summed E-state index contributed by atoms with van der Waals surface area (Å²) in [6, 6.07) is -0.336. The van der Waals surface area contributed by atoms with Gasteiger partial charge in [0.25, 0.3) is 5.91 Å². The monoisotopic (exact) mass is 251 g/mol. The van der Waals surface area contributed by atoms with Gasteiger partial charge in [-0.15, -0.1) is 0 Å². The Hall–Kier alpha value is -1.56. The zero-order valence-electron chi connectivity index (χ0n) is 10.3. The molecule has 2 aliphatic heterocycles. The molecule has 3 N–H and O–H groups in total. The number of ether oxygens (including phenoxy) is 1. The molecule has 0 radical (unpaired) electrons. The maximum atomic E-state index is 11.9. The minimum absolute atomic E-state index is 0.0468. The molecule has 0 aromatic carbocycles. The van der Waals surface area contributed by atoms with E-state index in [-0.39, 0.29) is 12.1 Å². The molecule has 3 rings (SSSR count). The number of nitrogens with zero attached hydrogens (tertiary/aromatic N) is 1. The Morgan fingerprint density at radius 1 is 1.67 bits per heavy atom. The van der Waals surface area contributed by atoms with Crippen molar-refractivity contribution in [3.63, 3.8) is 0 Å². The van der Waals surface area contributed by atoms with Crippen molar-refractivity contribution in [2.75, 3.05) is 13.2 Å². The summed E-state index contributed by atoms with van der Waals surface area (Å²) in [5, 5.41) is 2.78. The van der Waals surface area contributed by atoms with Gasteiger partial charge in [0.1, 0.15) is 0 Å². The van der Waals surface area contributed by atoms with Gasteiger partial charge in [-0.1, -0.05) is 6.08 Å². The summed E-state index contributed by atoms with van der Waals surface area (Å²) in [7, 11) is 0. The van der Waals surface area contributed by atoms with E-state index >= 15 is 0 Å². The van der Waals surface area contributed by atoms with E-state index in [0.717, 1.165) is 12.8 Å². The minimum atomic E-state index is -1.39. The van der Waals surface area contributed by atoms with Gasteiger partial charge >= 0.3 is 6.03 Å². The Kier molecular flexibility index (Phi) is 2.38. The number of fused-ring (bicyclic) bond motifs is 2. The summed E-state index contributed by atoms with van der Waals surface area (Å²) in [6.45, 7) is 2.70. The first-order valence-electron chi connectivity index (χ1n) is 6.25. The number of amides is 3. The van der Waals surface area contributed by atoms with Gasteiger partial charge in [0.15, 0.2) is 0 Å². The van der Waals surface area contributed by atoms with E-state index in [1.165, 1.54) is 4.90 Å². The maximum Gasteiger partial charge on any atom is 0.320 e. The fourth-order valence-electron chi connectivity index (χ4n) is 2.67. The van der Waals surface area contributed by atoms with Gasteiger partial charge in [0.2, 0.25) is 5.72 Å². The molecule has 0 aromatic heterocycles. The highest BCUT2D eigenvalue weighted by molar-refractivity contribution is 5.93. The molecule has 98 valence electrons. The number of urea groups is 1. The number of hydrogen-bond donors (Lipinski definition) is 2. The van der Waals surface area contributed by atoms with Crippen LogP contribution in [0.4, 0.5) is 4.79 Å². The molecular formula is C12H17N3O3. The first-order valence-corrected chi connectivity index (χ1v) is 6.25. The summed E-state index contributed by atoms with van der Waals surface area (Å²) >= 11 is 0. The van der Waals surface area contributed by atoms with Crippen LogP contribution in [0, 0.1) is 5.92 Å². The van der Waals surface area contributed by atoms with Crippen molar-refractivity contribution in [1.82, 2.24) is 10.2 Å². The lowest BCUT2D eigenvalue weighted by Crippen LogP contribution is -2.62. The second-order valence-electron chi connectivity index (χ2n) is 5.28. The van der Waals surface area contributed by atoms with Crippen molar-refractivity contribution in [2.24, 2.45) is 11.7 Å². The first-order chi connectivity index (χ1) is 8.54. The van der Waals surface area contributed by atoms with Crippen LogP contribution in [0.3, 0.4) is 0 Å². The Bertz CT molecular complexity index is 444. The molecule has 18 heavy (non-hydrogen) atoms. The zero-order valence-corrected chi connectivity index (χ0v) is 10.3. The lowest BCUT2D eigenvalue weighted by atomic mass is 9.95. The molecule has 3 amide bonds. The molecule has 2 unspecified atom stereocenters. The molecule has 6 heteroatoms. The summed E-state index contributed by atoms with van der Waals surface area (Å²) in [5.74, 6) is -0.121. The Labute approximate surface area is 105 Å². The molecule has 3 aliphatic rings. The van der Waals surface area contributed by atoms with Gasteiger partial charge < -0.3 is 15.8 Å². The molecule has 6 nitrogen and oxygen atoms in total. The molecule has 1 aliphatic carbocycles. The summed E-state index contributed by atoms with van der Waals surface area (Å²) in [4.78, 5) is 25.2. The zero-order chi connectivity index (χ0) is 12.9. The first kappa shape index (κ1) is 11.5. The third kappa shape index (κ3) is 1.52. The number of nitrogens with two attached hydrogens (primary N) is 1. The van der Waals surface area contributed by atoms with Crippen LogP contribution in [0.1, 0.15) is 19.8 Å². The predicted octanol–water partition coefficient (Wildman–Crippen LogP) is -0.0517. The van der Waals surface area contributed by atoms with E-state index in [1.54, 1.807) is 6.92 Å². The normalized spacial score (nSPS) is 34.3. The van der Waals surface area contributed by atoms with Gasteiger partial charge in [0, 0.05) is 6.54 Å². The third-order valence-electron chi connectivity index (χ3n) is 3.86. The van der Waals surface area contributed by atoms with Gasteiger partial charge in [-0.05, 0) is 31.3 Å². The Morgan fingerprint density at radius 3 is 3.00 bits per heavy atom. The lowest BCUT2D eigenvalue weighted by Gasteiger charge is -2.40. The van der Waals surface area contributed by atoms with E-state index in [9.17, 15) is 9.59 Å². The fraction of sp³-hybridized carbons (Fsp3) is 0.667. The van der Waals surface area contributed by atoms with Gasteiger partial charge in [-0.3, -0.25) is 9.69 Å². The second kappa shape index (κ2) is 3.71. The summed E-state index contributed by atoms with van der Waals surface area (Å²) in [5.41, 5.74) is 4.83. The van der Waals surface area contributed by atoms with Crippen LogP contribution >= 0.6 is 0 Å². The van der Waals surface area contributed by atoms with Crippen molar-refractivity contribution in [1.29, 1.82) is 0 Å². The lowest BCUT2D eigenvalue weighted by molar-refractivity contribution is -0.159. The van der Waals surface area contributed by atoms with Crippen molar-refractivity contribution in [3.8, 4) is 0 Å². The maximum absolute atomic E-state index is 11.9. The highest BCUT2D eigenvalue weighted by atomic mass is 16.5. The number of nitrogens with one attached hydrogen (secondary N) is 1. The predicted molar refractivity (Wildman–Crippen MR) is 63.4 cm³/mol. The van der Waals surface area contributed by atoms with E-state index in [2.05, 4.69) is 5.32 Å². The van der Waals surface area contributed by atoms with Crippen molar-refractivity contribution < 1.29 is 14.3 Å². The molecule has 0 spiro atoms. The Balaban J connectivity index is 1.94. The fourth-order valence-corrected chi connectivity index (χ4v) is 2.67. The van der Waals surface area contributed by atoms with Crippen LogP contribution in [0.5, 0.6) is 0 Å². The number of hydrogen-bond acceptors (Lipinski definition) is 3. The molecule has 2 atom stereocenters. The topological polar surface area (TPSA) is 84.7 Å². The standard InChI is InChI=1S/C12H17N3O3/c1-7-4-9-5-15(11(17)14-9)12(7,10(13)16)18-6-8-2-3-8/h4,8-9H,2-3,5-6H2,1H3,(H2,13,16)(H,14,17). The number of primary amides is 1. The van der Waals surface area contributed by atoms with Crippen LogP contribution < -0.4 is 11.1 Å². The van der Waals surface area contributed by atoms with Crippen LogP contribution in [0.2, 0.25) is 0 Å². The van der Waals surface area contributed by atoms with Crippen LogP contribution in [0.15, 0.2) is 11.6 Å². The van der Waals surface area contributed by atoms with Crippen molar-refractivity contribution in [3.05, 3.63) is 11.6 Å². The van der Waals surface area contributed by atoms with Crippen LogP contribution in [0.25, 0.3) is 0 Å². The molecule has 1 saturated heterocycles. The van der Waals surface area contributed by atoms with Gasteiger partial charge in [-0.2, -0.15) is 0 Å². The largest absolute Gasteiger partial charge is 0.365 e. The minimum Gasteiger partial charge on any atom is -0.365 e. The average molecular weight is 251 g/mol. The van der Waals surface area contributed by atoms with Crippen molar-refractivity contribution >= 4 is 11.9 Å². The average Bonchev–Trinajstić information content (AvgIpc) is 3.05. The number of carbonyl (C=O) groups excluding carboxylic acids is 2. The summed E-state index contributed by atoms with van der Waals surface area (Å²) < 4.78 is 5.79. The molecule has 1 saturated carbocycles. The highest BCUT2D eigenvalue weighted by Crippen LogP contribution is 2.37. The van der Waals surface area contributed by atoms with E-state index < -0.39 is 11.6 Å². The highest BCUT2D eigenvalue weighted by Gasteiger charge is 2.55. The van der Waals surface area contributed by atoms with Gasteiger partial charge in [-0.25, -0.2) is 4.79 Å². The smallest absolute Gasteiger partial charge is 0.320 e. The molecular weight excluding hydrogens is 234 g/mol. The number of rotatable bonds is 4. The molecule has 0 aromatic rings. The number of carbonyl (C=O) groups is 2. The van der Waals surface area contributed by atoms with Crippen LogP contribution in [-0.4, -0.2) is 41.8 Å². The third-order valence-corrected chi connectivity index (χ3v) is 3.86. The molecule has 2 heterocycles. The van der Waals surface area contributed by atoms with E-state index in [1.807, 2.05) is 6.08 Å². The van der Waals surface area contributed by atoms with Crippen molar-refractivity contribution in [2.45, 2.75) is 31.5 Å². The Morgan fingerprint density at radius 2 is 2.39 bits per heavy atom. The molecule has 2 bridgehead atoms. The second-order valence-corrected chi connectivity index (χ2v) is 5.28. The van der Waals surface area contributed by atoms with Gasteiger partial charge in [0.05, 0.1) is 12.6 Å². The van der Waals surface area contributed by atoms with E-state index in [4.69, 9.17) is 10.5 Å². The SMILES string of the molecule is CC1=CC2CN(C(=O)N2)C1(OCC1CC1)C(N)=O.